The molecule has 0 N–H and O–H groups in total. The number of carbonyl (C=O) groups is 1. The predicted octanol–water partition coefficient (Wildman–Crippen LogP) is 3.47. The SMILES string of the molecule is COC1CCCC(OC(=O)c2cc([N+](=O)[O-])ccc2Br)C1. The second kappa shape index (κ2) is 7.00. The molecule has 0 saturated heterocycles. The first-order valence-electron chi connectivity index (χ1n) is 6.69. The third-order valence-electron chi connectivity index (χ3n) is 3.57. The number of esters is 1. The molecule has 1 aromatic carbocycles. The van der Waals surface area contributed by atoms with Gasteiger partial charge in [-0.3, -0.25) is 10.1 Å². The number of nitro groups is 1. The molecule has 1 saturated carbocycles. The Morgan fingerprint density at radius 2 is 2.10 bits per heavy atom. The van der Waals surface area contributed by atoms with Crippen LogP contribution in [0.5, 0.6) is 0 Å². The minimum atomic E-state index is -0.549. The van der Waals surface area contributed by atoms with E-state index in [4.69, 9.17) is 9.47 Å². The van der Waals surface area contributed by atoms with Crippen molar-refractivity contribution in [3.05, 3.63) is 38.3 Å². The van der Waals surface area contributed by atoms with Crippen LogP contribution in [0.15, 0.2) is 22.7 Å². The molecule has 2 atom stereocenters. The van der Waals surface area contributed by atoms with Crippen LogP contribution >= 0.6 is 15.9 Å². The van der Waals surface area contributed by atoms with E-state index < -0.39 is 10.9 Å². The average molecular weight is 358 g/mol. The summed E-state index contributed by atoms with van der Waals surface area (Å²) in [6.07, 6.45) is 3.25. The lowest BCUT2D eigenvalue weighted by molar-refractivity contribution is -0.384. The van der Waals surface area contributed by atoms with E-state index in [1.165, 1.54) is 18.2 Å². The van der Waals surface area contributed by atoms with Crippen LogP contribution < -0.4 is 0 Å². The summed E-state index contributed by atoms with van der Waals surface area (Å²) in [5.74, 6) is -0.549. The maximum Gasteiger partial charge on any atom is 0.339 e. The molecule has 114 valence electrons. The van der Waals surface area contributed by atoms with E-state index in [1.807, 2.05) is 0 Å². The smallest absolute Gasteiger partial charge is 0.339 e. The topological polar surface area (TPSA) is 78.7 Å². The zero-order valence-corrected chi connectivity index (χ0v) is 13.2. The van der Waals surface area contributed by atoms with Gasteiger partial charge in [0.2, 0.25) is 0 Å². The van der Waals surface area contributed by atoms with E-state index in [-0.39, 0.29) is 23.5 Å². The van der Waals surface area contributed by atoms with E-state index in [0.29, 0.717) is 10.9 Å². The minimum Gasteiger partial charge on any atom is -0.459 e. The van der Waals surface area contributed by atoms with Crippen molar-refractivity contribution in [2.24, 2.45) is 0 Å². The number of nitrogens with zero attached hydrogens (tertiary/aromatic N) is 1. The van der Waals surface area contributed by atoms with Gasteiger partial charge in [0.05, 0.1) is 16.6 Å². The van der Waals surface area contributed by atoms with Crippen LogP contribution in [0.2, 0.25) is 0 Å². The summed E-state index contributed by atoms with van der Waals surface area (Å²) in [4.78, 5) is 22.4. The number of hydrogen-bond donors (Lipinski definition) is 0. The lowest BCUT2D eigenvalue weighted by Crippen LogP contribution is -2.29. The largest absolute Gasteiger partial charge is 0.459 e. The fraction of sp³-hybridized carbons (Fsp3) is 0.500. The Balaban J connectivity index is 2.09. The van der Waals surface area contributed by atoms with Gasteiger partial charge in [0.25, 0.3) is 5.69 Å². The van der Waals surface area contributed by atoms with Crippen LogP contribution in [0.4, 0.5) is 5.69 Å². The van der Waals surface area contributed by atoms with E-state index in [0.717, 1.165) is 19.3 Å². The first kappa shape index (κ1) is 15.9. The van der Waals surface area contributed by atoms with E-state index in [1.54, 1.807) is 7.11 Å². The molecule has 2 rings (SSSR count). The number of benzene rings is 1. The average Bonchev–Trinajstić information content (AvgIpc) is 2.47. The Morgan fingerprint density at radius 3 is 2.76 bits per heavy atom. The highest BCUT2D eigenvalue weighted by atomic mass is 79.9. The standard InChI is InChI=1S/C14H16BrNO5/c1-20-10-3-2-4-11(8-10)21-14(17)12-7-9(16(18)19)5-6-13(12)15/h5-7,10-11H,2-4,8H2,1H3. The summed E-state index contributed by atoms with van der Waals surface area (Å²) >= 11 is 3.22. The molecular formula is C14H16BrNO5. The Morgan fingerprint density at radius 1 is 1.38 bits per heavy atom. The molecule has 21 heavy (non-hydrogen) atoms. The highest BCUT2D eigenvalue weighted by Crippen LogP contribution is 2.27. The summed E-state index contributed by atoms with van der Waals surface area (Å²) in [6, 6.07) is 4.04. The molecule has 1 aliphatic carbocycles. The maximum atomic E-state index is 12.2. The molecule has 6 nitrogen and oxygen atoms in total. The van der Waals surface area contributed by atoms with Gasteiger partial charge in [-0.1, -0.05) is 0 Å². The quantitative estimate of drug-likeness (QED) is 0.468. The van der Waals surface area contributed by atoms with Gasteiger partial charge in [0.15, 0.2) is 0 Å². The van der Waals surface area contributed by atoms with Gasteiger partial charge in [-0.05, 0) is 41.3 Å². The monoisotopic (exact) mass is 357 g/mol. The van der Waals surface area contributed by atoms with Gasteiger partial charge in [-0.2, -0.15) is 0 Å². The zero-order valence-electron chi connectivity index (χ0n) is 11.6. The van der Waals surface area contributed by atoms with Crippen molar-refractivity contribution in [2.75, 3.05) is 7.11 Å². The predicted molar refractivity (Wildman–Crippen MR) is 79.3 cm³/mol. The normalized spacial score (nSPS) is 21.8. The van der Waals surface area contributed by atoms with Crippen molar-refractivity contribution in [3.63, 3.8) is 0 Å². The summed E-state index contributed by atoms with van der Waals surface area (Å²) in [5.41, 5.74) is 0.0345. The number of nitro benzene ring substituents is 1. The Labute approximate surface area is 130 Å². The molecule has 1 aromatic rings. The number of non-ortho nitro benzene ring substituents is 1. The number of hydrogen-bond acceptors (Lipinski definition) is 5. The second-order valence-corrected chi connectivity index (χ2v) is 5.83. The lowest BCUT2D eigenvalue weighted by atomic mass is 9.95. The lowest BCUT2D eigenvalue weighted by Gasteiger charge is -2.27. The second-order valence-electron chi connectivity index (χ2n) is 4.97. The molecule has 2 unspecified atom stereocenters. The van der Waals surface area contributed by atoms with Crippen LogP contribution in [0.25, 0.3) is 0 Å². The third kappa shape index (κ3) is 4.01. The number of carbonyl (C=O) groups excluding carboxylic acids is 1. The summed E-state index contributed by atoms with van der Waals surface area (Å²) in [5, 5.41) is 10.8. The van der Waals surface area contributed by atoms with Gasteiger partial charge in [0, 0.05) is 30.1 Å². The minimum absolute atomic E-state index is 0.102. The Hall–Kier alpha value is -1.47. The molecule has 1 fully saturated rings. The fourth-order valence-corrected chi connectivity index (χ4v) is 2.83. The Bertz CT molecular complexity index is 548. The molecule has 0 aromatic heterocycles. The summed E-state index contributed by atoms with van der Waals surface area (Å²) in [6.45, 7) is 0. The first-order valence-corrected chi connectivity index (χ1v) is 7.48. The molecule has 0 spiro atoms. The van der Waals surface area contributed by atoms with Crippen LogP contribution in [-0.2, 0) is 9.47 Å². The first-order chi connectivity index (χ1) is 10.0. The van der Waals surface area contributed by atoms with Gasteiger partial charge in [-0.15, -0.1) is 0 Å². The molecule has 0 radical (unpaired) electrons. The number of rotatable bonds is 4. The van der Waals surface area contributed by atoms with E-state index in [2.05, 4.69) is 15.9 Å². The van der Waals surface area contributed by atoms with Crippen molar-refractivity contribution in [2.45, 2.75) is 37.9 Å². The van der Waals surface area contributed by atoms with Gasteiger partial charge >= 0.3 is 5.97 Å². The zero-order chi connectivity index (χ0) is 15.4. The van der Waals surface area contributed by atoms with Gasteiger partial charge in [-0.25, -0.2) is 4.79 Å². The summed E-state index contributed by atoms with van der Waals surface area (Å²) in [7, 11) is 1.64. The van der Waals surface area contributed by atoms with Crippen molar-refractivity contribution in [3.8, 4) is 0 Å². The van der Waals surface area contributed by atoms with Gasteiger partial charge < -0.3 is 9.47 Å². The van der Waals surface area contributed by atoms with E-state index in [9.17, 15) is 14.9 Å². The highest BCUT2D eigenvalue weighted by Gasteiger charge is 2.26. The molecule has 1 aliphatic rings. The third-order valence-corrected chi connectivity index (χ3v) is 4.26. The number of ether oxygens (including phenoxy) is 2. The molecule has 7 heteroatoms. The van der Waals surface area contributed by atoms with Crippen molar-refractivity contribution >= 4 is 27.6 Å². The Kier molecular flexibility index (Phi) is 5.30. The van der Waals surface area contributed by atoms with Crippen LogP contribution in [0, 0.1) is 10.1 Å². The van der Waals surface area contributed by atoms with Crippen LogP contribution in [-0.4, -0.2) is 30.2 Å². The molecule has 0 aliphatic heterocycles. The van der Waals surface area contributed by atoms with Gasteiger partial charge in [0.1, 0.15) is 6.10 Å². The van der Waals surface area contributed by atoms with Crippen LogP contribution in [0.3, 0.4) is 0 Å². The van der Waals surface area contributed by atoms with E-state index >= 15 is 0 Å². The van der Waals surface area contributed by atoms with Crippen molar-refractivity contribution < 1.29 is 19.2 Å². The van der Waals surface area contributed by atoms with Crippen molar-refractivity contribution in [1.29, 1.82) is 0 Å². The number of methoxy groups -OCH3 is 1. The fourth-order valence-electron chi connectivity index (χ4n) is 2.42. The molecular weight excluding hydrogens is 342 g/mol. The molecule has 0 bridgehead atoms. The highest BCUT2D eigenvalue weighted by molar-refractivity contribution is 9.10. The maximum absolute atomic E-state index is 12.2. The molecule has 0 heterocycles. The summed E-state index contributed by atoms with van der Waals surface area (Å²) < 4.78 is 11.2. The molecule has 0 amide bonds. The number of halogens is 1. The van der Waals surface area contributed by atoms with Crippen LogP contribution in [0.1, 0.15) is 36.0 Å². The van der Waals surface area contributed by atoms with Crippen molar-refractivity contribution in [1.82, 2.24) is 0 Å².